The second kappa shape index (κ2) is 7.14. The van der Waals surface area contributed by atoms with Crippen molar-refractivity contribution in [2.24, 2.45) is 5.92 Å². The molecule has 20 heavy (non-hydrogen) atoms. The van der Waals surface area contributed by atoms with Crippen LogP contribution in [-0.4, -0.2) is 35.2 Å². The van der Waals surface area contributed by atoms with Crippen molar-refractivity contribution in [2.45, 2.75) is 20.3 Å². The first-order valence-electron chi connectivity index (χ1n) is 6.27. The van der Waals surface area contributed by atoms with Crippen LogP contribution >= 0.6 is 11.6 Å². The van der Waals surface area contributed by atoms with E-state index in [4.69, 9.17) is 21.8 Å². The van der Waals surface area contributed by atoms with E-state index >= 15 is 0 Å². The zero-order valence-electron chi connectivity index (χ0n) is 11.5. The van der Waals surface area contributed by atoms with E-state index in [1.54, 1.807) is 24.0 Å². The Kier molecular flexibility index (Phi) is 5.82. The molecule has 0 aromatic heterocycles. The molecule has 6 heteroatoms. The predicted molar refractivity (Wildman–Crippen MR) is 77.5 cm³/mol. The highest BCUT2D eigenvalue weighted by atomic mass is 35.5. The van der Waals surface area contributed by atoms with Gasteiger partial charge in [-0.05, 0) is 24.6 Å². The van der Waals surface area contributed by atoms with E-state index in [2.05, 4.69) is 0 Å². The van der Waals surface area contributed by atoms with Gasteiger partial charge < -0.3 is 15.1 Å². The van der Waals surface area contributed by atoms with Crippen LogP contribution in [-0.2, 0) is 9.59 Å². The van der Waals surface area contributed by atoms with Gasteiger partial charge in [-0.1, -0.05) is 24.6 Å². The number of rotatable bonds is 7. The first-order valence-corrected chi connectivity index (χ1v) is 6.65. The summed E-state index contributed by atoms with van der Waals surface area (Å²) in [7, 11) is 0. The molecule has 0 aliphatic heterocycles. The Labute approximate surface area is 122 Å². The zero-order chi connectivity index (χ0) is 15.3. The van der Waals surface area contributed by atoms with E-state index in [0.717, 1.165) is 11.3 Å². The SMILES string of the molecule is Cc1c(Cl)cccc1N(CCC(=O)O)CC(C)C(=O)O. The Balaban J connectivity index is 2.99. The van der Waals surface area contributed by atoms with Crippen LogP contribution in [0.5, 0.6) is 0 Å². The first-order chi connectivity index (χ1) is 9.32. The molecular weight excluding hydrogens is 282 g/mol. The number of carboxylic acid groups (broad SMARTS) is 2. The van der Waals surface area contributed by atoms with Gasteiger partial charge in [-0.3, -0.25) is 9.59 Å². The van der Waals surface area contributed by atoms with Gasteiger partial charge in [0, 0.05) is 23.8 Å². The molecule has 110 valence electrons. The topological polar surface area (TPSA) is 77.8 Å². The minimum absolute atomic E-state index is 0.0572. The third kappa shape index (κ3) is 4.42. The Morgan fingerprint density at radius 1 is 1.35 bits per heavy atom. The van der Waals surface area contributed by atoms with Crippen molar-refractivity contribution >= 4 is 29.2 Å². The van der Waals surface area contributed by atoms with E-state index < -0.39 is 17.9 Å². The summed E-state index contributed by atoms with van der Waals surface area (Å²) < 4.78 is 0. The third-order valence-corrected chi connectivity index (χ3v) is 3.50. The summed E-state index contributed by atoms with van der Waals surface area (Å²) in [4.78, 5) is 23.5. The van der Waals surface area contributed by atoms with Gasteiger partial charge in [0.05, 0.1) is 12.3 Å². The molecule has 0 radical (unpaired) electrons. The molecule has 1 rings (SSSR count). The van der Waals surface area contributed by atoms with E-state index in [1.807, 2.05) is 13.0 Å². The second-order valence-electron chi connectivity index (χ2n) is 4.71. The largest absolute Gasteiger partial charge is 0.481 e. The summed E-state index contributed by atoms with van der Waals surface area (Å²) in [5, 5.41) is 18.4. The Bertz CT molecular complexity index is 504. The zero-order valence-corrected chi connectivity index (χ0v) is 12.2. The van der Waals surface area contributed by atoms with E-state index in [1.165, 1.54) is 0 Å². The lowest BCUT2D eigenvalue weighted by molar-refractivity contribution is -0.140. The first kappa shape index (κ1) is 16.3. The maximum absolute atomic E-state index is 11.0. The van der Waals surface area contributed by atoms with Crippen LogP contribution in [0.4, 0.5) is 5.69 Å². The molecule has 0 heterocycles. The van der Waals surface area contributed by atoms with Gasteiger partial charge in [0.25, 0.3) is 0 Å². The summed E-state index contributed by atoms with van der Waals surface area (Å²) in [6, 6.07) is 5.33. The fourth-order valence-corrected chi connectivity index (χ4v) is 2.06. The summed E-state index contributed by atoms with van der Waals surface area (Å²) in [5.74, 6) is -2.43. The van der Waals surface area contributed by atoms with Crippen molar-refractivity contribution in [3.8, 4) is 0 Å². The lowest BCUT2D eigenvalue weighted by Gasteiger charge is -2.28. The van der Waals surface area contributed by atoms with Crippen molar-refractivity contribution < 1.29 is 19.8 Å². The second-order valence-corrected chi connectivity index (χ2v) is 5.12. The number of anilines is 1. The van der Waals surface area contributed by atoms with Gasteiger partial charge in [-0.2, -0.15) is 0 Å². The fourth-order valence-electron chi connectivity index (χ4n) is 1.89. The number of aliphatic carboxylic acids is 2. The van der Waals surface area contributed by atoms with Crippen LogP contribution < -0.4 is 4.90 Å². The molecule has 0 spiro atoms. The summed E-state index contributed by atoms with van der Waals surface area (Å²) in [6.07, 6.45) is -0.0572. The average molecular weight is 300 g/mol. The number of hydrogen-bond acceptors (Lipinski definition) is 3. The maximum Gasteiger partial charge on any atom is 0.308 e. The monoisotopic (exact) mass is 299 g/mol. The highest BCUT2D eigenvalue weighted by Gasteiger charge is 2.19. The summed E-state index contributed by atoms with van der Waals surface area (Å²) in [6.45, 7) is 3.91. The molecule has 0 saturated carbocycles. The van der Waals surface area contributed by atoms with Gasteiger partial charge in [-0.15, -0.1) is 0 Å². The smallest absolute Gasteiger partial charge is 0.308 e. The van der Waals surface area contributed by atoms with Gasteiger partial charge in [0.15, 0.2) is 0 Å². The molecule has 5 nitrogen and oxygen atoms in total. The molecule has 1 unspecified atom stereocenters. The molecule has 1 atom stereocenters. The Morgan fingerprint density at radius 3 is 2.55 bits per heavy atom. The van der Waals surface area contributed by atoms with Crippen LogP contribution in [0.2, 0.25) is 5.02 Å². The van der Waals surface area contributed by atoms with Crippen molar-refractivity contribution in [1.29, 1.82) is 0 Å². The molecule has 0 fully saturated rings. The van der Waals surface area contributed by atoms with Crippen molar-refractivity contribution in [3.63, 3.8) is 0 Å². The minimum atomic E-state index is -0.919. The molecule has 1 aromatic rings. The van der Waals surface area contributed by atoms with Gasteiger partial charge in [0.1, 0.15) is 0 Å². The van der Waals surface area contributed by atoms with Gasteiger partial charge in [0.2, 0.25) is 0 Å². The quantitative estimate of drug-likeness (QED) is 0.809. The lowest BCUT2D eigenvalue weighted by atomic mass is 10.1. The molecule has 0 aliphatic rings. The predicted octanol–water partition coefficient (Wildman–Crippen LogP) is 2.65. The number of hydrogen-bond donors (Lipinski definition) is 2. The highest BCUT2D eigenvalue weighted by Crippen LogP contribution is 2.27. The minimum Gasteiger partial charge on any atom is -0.481 e. The number of benzene rings is 1. The van der Waals surface area contributed by atoms with E-state index in [0.29, 0.717) is 5.02 Å². The average Bonchev–Trinajstić information content (AvgIpc) is 2.37. The number of carboxylic acids is 2. The highest BCUT2D eigenvalue weighted by molar-refractivity contribution is 6.31. The number of carbonyl (C=O) groups is 2. The summed E-state index contributed by atoms with van der Waals surface area (Å²) >= 11 is 6.06. The normalized spacial score (nSPS) is 11.9. The molecule has 0 bridgehead atoms. The van der Waals surface area contributed by atoms with Gasteiger partial charge in [-0.25, -0.2) is 0 Å². The van der Waals surface area contributed by atoms with E-state index in [9.17, 15) is 9.59 Å². The van der Waals surface area contributed by atoms with E-state index in [-0.39, 0.29) is 19.5 Å². The van der Waals surface area contributed by atoms with Crippen LogP contribution in [0.3, 0.4) is 0 Å². The molecular formula is C14H18ClNO4. The molecule has 2 N–H and O–H groups in total. The number of halogens is 1. The number of nitrogens with zero attached hydrogens (tertiary/aromatic N) is 1. The standard InChI is InChI=1S/C14H18ClNO4/c1-9(14(19)20)8-16(7-6-13(17)18)12-5-3-4-11(15)10(12)2/h3-5,9H,6-8H2,1-2H3,(H,17,18)(H,19,20). The molecule has 0 aliphatic carbocycles. The van der Waals surface area contributed by atoms with Gasteiger partial charge >= 0.3 is 11.9 Å². The molecule has 0 amide bonds. The lowest BCUT2D eigenvalue weighted by Crippen LogP contribution is -2.34. The van der Waals surface area contributed by atoms with Crippen molar-refractivity contribution in [2.75, 3.05) is 18.0 Å². The van der Waals surface area contributed by atoms with Crippen LogP contribution in [0.15, 0.2) is 18.2 Å². The molecule has 0 saturated heterocycles. The third-order valence-electron chi connectivity index (χ3n) is 3.09. The van der Waals surface area contributed by atoms with Crippen LogP contribution in [0, 0.1) is 12.8 Å². The Morgan fingerprint density at radius 2 is 2.00 bits per heavy atom. The summed E-state index contributed by atoms with van der Waals surface area (Å²) in [5.41, 5.74) is 1.59. The Hall–Kier alpha value is -1.75. The molecule has 1 aromatic carbocycles. The maximum atomic E-state index is 11.0. The van der Waals surface area contributed by atoms with Crippen LogP contribution in [0.1, 0.15) is 18.9 Å². The van der Waals surface area contributed by atoms with Crippen LogP contribution in [0.25, 0.3) is 0 Å². The van der Waals surface area contributed by atoms with Crippen molar-refractivity contribution in [1.82, 2.24) is 0 Å². The fraction of sp³-hybridized carbons (Fsp3) is 0.429. The van der Waals surface area contributed by atoms with Crippen molar-refractivity contribution in [3.05, 3.63) is 28.8 Å².